The predicted octanol–water partition coefficient (Wildman–Crippen LogP) is 2.37. The molecule has 0 spiro atoms. The number of anilines is 1. The molecule has 0 radical (unpaired) electrons. The number of carbonyl (C=O) groups is 1. The molecule has 0 aromatic carbocycles. The molecule has 1 saturated heterocycles. The Labute approximate surface area is 147 Å². The highest BCUT2D eigenvalue weighted by Crippen LogP contribution is 2.24. The van der Waals surface area contributed by atoms with E-state index in [1.54, 1.807) is 6.20 Å². The summed E-state index contributed by atoms with van der Waals surface area (Å²) in [4.78, 5) is 23.0. The van der Waals surface area contributed by atoms with Crippen molar-refractivity contribution < 1.29 is 9.32 Å². The van der Waals surface area contributed by atoms with Crippen LogP contribution >= 0.6 is 0 Å². The third-order valence-corrected chi connectivity index (χ3v) is 4.43. The van der Waals surface area contributed by atoms with Crippen molar-refractivity contribution in [3.05, 3.63) is 35.6 Å². The van der Waals surface area contributed by atoms with Gasteiger partial charge in [0.1, 0.15) is 5.82 Å². The first kappa shape index (κ1) is 17.4. The van der Waals surface area contributed by atoms with Gasteiger partial charge in [0.05, 0.1) is 5.56 Å². The first-order valence-electron chi connectivity index (χ1n) is 8.94. The average molecular weight is 343 g/mol. The van der Waals surface area contributed by atoms with Gasteiger partial charge in [0, 0.05) is 39.2 Å². The lowest BCUT2D eigenvalue weighted by atomic mass is 9.94. The van der Waals surface area contributed by atoms with Crippen molar-refractivity contribution in [1.82, 2.24) is 20.4 Å². The Morgan fingerprint density at radius 1 is 1.44 bits per heavy atom. The Morgan fingerprint density at radius 2 is 2.32 bits per heavy atom. The SMILES string of the molecule is CCCNC(=O)c1ccc(N2CCCC(Cc3noc(C)n3)C2)nc1. The number of carbonyl (C=O) groups excluding carboxylic acids is 1. The van der Waals surface area contributed by atoms with Crippen LogP contribution in [0, 0.1) is 12.8 Å². The minimum absolute atomic E-state index is 0.0649. The van der Waals surface area contributed by atoms with Gasteiger partial charge in [0.15, 0.2) is 5.82 Å². The Hall–Kier alpha value is -2.44. The van der Waals surface area contributed by atoms with Crippen molar-refractivity contribution >= 4 is 11.7 Å². The first-order chi connectivity index (χ1) is 12.2. The van der Waals surface area contributed by atoms with Gasteiger partial charge in [-0.15, -0.1) is 0 Å². The summed E-state index contributed by atoms with van der Waals surface area (Å²) in [7, 11) is 0. The molecular weight excluding hydrogens is 318 g/mol. The van der Waals surface area contributed by atoms with Crippen molar-refractivity contribution in [2.24, 2.45) is 5.92 Å². The van der Waals surface area contributed by atoms with E-state index in [1.165, 1.54) is 0 Å². The molecule has 25 heavy (non-hydrogen) atoms. The molecule has 3 heterocycles. The molecule has 0 bridgehead atoms. The zero-order chi connectivity index (χ0) is 17.6. The van der Waals surface area contributed by atoms with Crippen molar-refractivity contribution in [3.63, 3.8) is 0 Å². The molecule has 1 unspecified atom stereocenters. The van der Waals surface area contributed by atoms with E-state index in [0.29, 0.717) is 23.9 Å². The quantitative estimate of drug-likeness (QED) is 0.867. The molecule has 1 N–H and O–H groups in total. The van der Waals surface area contributed by atoms with Gasteiger partial charge in [-0.2, -0.15) is 4.98 Å². The van der Waals surface area contributed by atoms with Crippen LogP contribution in [0.3, 0.4) is 0 Å². The van der Waals surface area contributed by atoms with Crippen LogP contribution in [0.2, 0.25) is 0 Å². The number of hydrogen-bond acceptors (Lipinski definition) is 6. The molecule has 0 saturated carbocycles. The summed E-state index contributed by atoms with van der Waals surface area (Å²) in [6, 6.07) is 3.78. The molecular formula is C18H25N5O2. The minimum atomic E-state index is -0.0649. The topological polar surface area (TPSA) is 84.2 Å². The molecule has 1 amide bonds. The fraction of sp³-hybridized carbons (Fsp3) is 0.556. The molecule has 1 aliphatic rings. The van der Waals surface area contributed by atoms with Crippen molar-refractivity contribution in [1.29, 1.82) is 0 Å². The van der Waals surface area contributed by atoms with Crippen molar-refractivity contribution in [2.45, 2.75) is 39.5 Å². The van der Waals surface area contributed by atoms with E-state index in [-0.39, 0.29) is 5.91 Å². The summed E-state index contributed by atoms with van der Waals surface area (Å²) in [6.45, 7) is 6.43. The van der Waals surface area contributed by atoms with Crippen LogP contribution in [-0.4, -0.2) is 40.7 Å². The normalized spacial score (nSPS) is 17.5. The van der Waals surface area contributed by atoms with Gasteiger partial charge < -0.3 is 14.7 Å². The number of nitrogens with one attached hydrogen (secondary N) is 1. The molecule has 7 heteroatoms. The minimum Gasteiger partial charge on any atom is -0.356 e. The van der Waals surface area contributed by atoms with Crippen LogP contribution in [-0.2, 0) is 6.42 Å². The van der Waals surface area contributed by atoms with E-state index in [1.807, 2.05) is 26.0 Å². The molecule has 134 valence electrons. The maximum atomic E-state index is 12.0. The Bertz CT molecular complexity index is 698. The smallest absolute Gasteiger partial charge is 0.252 e. The summed E-state index contributed by atoms with van der Waals surface area (Å²) >= 11 is 0. The fourth-order valence-electron chi connectivity index (χ4n) is 3.17. The molecule has 1 atom stereocenters. The monoisotopic (exact) mass is 343 g/mol. The largest absolute Gasteiger partial charge is 0.356 e. The molecule has 1 fully saturated rings. The molecule has 2 aromatic heterocycles. The van der Waals surface area contributed by atoms with Gasteiger partial charge in [-0.3, -0.25) is 4.79 Å². The van der Waals surface area contributed by atoms with Crippen LogP contribution in [0.4, 0.5) is 5.82 Å². The van der Waals surface area contributed by atoms with Gasteiger partial charge in [-0.25, -0.2) is 4.98 Å². The first-order valence-corrected chi connectivity index (χ1v) is 8.94. The zero-order valence-corrected chi connectivity index (χ0v) is 14.9. The number of piperidine rings is 1. The molecule has 2 aromatic rings. The summed E-state index contributed by atoms with van der Waals surface area (Å²) < 4.78 is 5.06. The highest BCUT2D eigenvalue weighted by molar-refractivity contribution is 5.94. The standard InChI is InChI=1S/C18H25N5O2/c1-3-8-19-18(24)15-6-7-17(20-11-15)23-9-4-5-14(12-23)10-16-21-13(2)25-22-16/h6-7,11,14H,3-5,8-10,12H2,1-2H3,(H,19,24). The van der Waals surface area contributed by atoms with E-state index in [2.05, 4.69) is 25.3 Å². The van der Waals surface area contributed by atoms with E-state index in [0.717, 1.165) is 50.4 Å². The van der Waals surface area contributed by atoms with Crippen molar-refractivity contribution in [3.8, 4) is 0 Å². The predicted molar refractivity (Wildman–Crippen MR) is 94.5 cm³/mol. The molecule has 7 nitrogen and oxygen atoms in total. The summed E-state index contributed by atoms with van der Waals surface area (Å²) in [5, 5.41) is 6.87. The number of hydrogen-bond donors (Lipinski definition) is 1. The van der Waals surface area contributed by atoms with Crippen LogP contribution in [0.15, 0.2) is 22.9 Å². The second kappa shape index (κ2) is 8.09. The molecule has 3 rings (SSSR count). The van der Waals surface area contributed by atoms with Crippen LogP contribution in [0.1, 0.15) is 48.3 Å². The second-order valence-corrected chi connectivity index (χ2v) is 6.55. The third kappa shape index (κ3) is 4.55. The van der Waals surface area contributed by atoms with Crippen LogP contribution in [0.25, 0.3) is 0 Å². The number of amides is 1. The van der Waals surface area contributed by atoms with Gasteiger partial charge >= 0.3 is 0 Å². The summed E-state index contributed by atoms with van der Waals surface area (Å²) in [5.41, 5.74) is 0.605. The summed E-state index contributed by atoms with van der Waals surface area (Å²) in [5.74, 6) is 2.73. The second-order valence-electron chi connectivity index (χ2n) is 6.55. The van der Waals surface area contributed by atoms with Crippen LogP contribution in [0.5, 0.6) is 0 Å². The third-order valence-electron chi connectivity index (χ3n) is 4.43. The van der Waals surface area contributed by atoms with E-state index in [9.17, 15) is 4.79 Å². The number of nitrogens with zero attached hydrogens (tertiary/aromatic N) is 4. The Morgan fingerprint density at radius 3 is 3.00 bits per heavy atom. The van der Waals surface area contributed by atoms with Crippen molar-refractivity contribution in [2.75, 3.05) is 24.5 Å². The lowest BCUT2D eigenvalue weighted by molar-refractivity contribution is 0.0953. The fourth-order valence-corrected chi connectivity index (χ4v) is 3.17. The van der Waals surface area contributed by atoms with Gasteiger partial charge in [-0.1, -0.05) is 12.1 Å². The highest BCUT2D eigenvalue weighted by atomic mass is 16.5. The Kier molecular flexibility index (Phi) is 5.63. The average Bonchev–Trinajstić information content (AvgIpc) is 3.05. The zero-order valence-electron chi connectivity index (χ0n) is 14.9. The number of aromatic nitrogens is 3. The van der Waals surface area contributed by atoms with E-state index < -0.39 is 0 Å². The number of rotatable bonds is 6. The number of aryl methyl sites for hydroxylation is 1. The number of pyridine rings is 1. The Balaban J connectivity index is 1.60. The van der Waals surface area contributed by atoms with Gasteiger partial charge in [-0.05, 0) is 37.3 Å². The van der Waals surface area contributed by atoms with Gasteiger partial charge in [0.25, 0.3) is 5.91 Å². The lowest BCUT2D eigenvalue weighted by Crippen LogP contribution is -2.37. The molecule has 0 aliphatic carbocycles. The highest BCUT2D eigenvalue weighted by Gasteiger charge is 2.23. The maximum Gasteiger partial charge on any atom is 0.252 e. The van der Waals surface area contributed by atoms with Crippen LogP contribution < -0.4 is 10.2 Å². The summed E-state index contributed by atoms with van der Waals surface area (Å²) in [6.07, 6.45) is 5.67. The van der Waals surface area contributed by atoms with E-state index in [4.69, 9.17) is 4.52 Å². The van der Waals surface area contributed by atoms with Gasteiger partial charge in [0.2, 0.25) is 5.89 Å². The van der Waals surface area contributed by atoms with E-state index >= 15 is 0 Å². The lowest BCUT2D eigenvalue weighted by Gasteiger charge is -2.33. The molecule has 1 aliphatic heterocycles. The maximum absolute atomic E-state index is 12.0.